The average molecular weight is 513 g/mol. The second-order valence-electron chi connectivity index (χ2n) is 10.5. The highest BCUT2D eigenvalue weighted by atomic mass is 19.1. The number of anilines is 3. The van der Waals surface area contributed by atoms with E-state index in [0.29, 0.717) is 36.2 Å². The molecule has 37 heavy (non-hydrogen) atoms. The van der Waals surface area contributed by atoms with Gasteiger partial charge < -0.3 is 20.1 Å². The van der Waals surface area contributed by atoms with Crippen LogP contribution in [-0.4, -0.2) is 64.8 Å². The number of halogens is 1. The number of urea groups is 1. The van der Waals surface area contributed by atoms with Crippen molar-refractivity contribution in [1.82, 2.24) is 14.9 Å². The number of carbonyl (C=O) groups is 1. The molecule has 0 saturated heterocycles. The van der Waals surface area contributed by atoms with Crippen LogP contribution in [0.5, 0.6) is 11.5 Å². The fourth-order valence-electron chi connectivity index (χ4n) is 5.86. The van der Waals surface area contributed by atoms with Crippen LogP contribution in [-0.2, 0) is 6.54 Å². The van der Waals surface area contributed by atoms with Crippen molar-refractivity contribution in [3.8, 4) is 11.5 Å². The maximum atomic E-state index is 15.1. The van der Waals surface area contributed by atoms with Gasteiger partial charge in [0.25, 0.3) is 0 Å². The number of benzene rings is 1. The van der Waals surface area contributed by atoms with Gasteiger partial charge in [0, 0.05) is 42.0 Å². The third-order valence-corrected chi connectivity index (χ3v) is 7.89. The first-order chi connectivity index (χ1) is 17.9. The van der Waals surface area contributed by atoms with Gasteiger partial charge in [-0.2, -0.15) is 4.98 Å². The summed E-state index contributed by atoms with van der Waals surface area (Å²) in [6.45, 7) is 2.27. The zero-order valence-corrected chi connectivity index (χ0v) is 21.9. The lowest BCUT2D eigenvalue weighted by Gasteiger charge is -2.39. The lowest BCUT2D eigenvalue weighted by Crippen LogP contribution is -2.52. The predicted molar refractivity (Wildman–Crippen MR) is 141 cm³/mol. The predicted octanol–water partition coefficient (Wildman–Crippen LogP) is 4.89. The first-order valence-corrected chi connectivity index (χ1v) is 13.4. The summed E-state index contributed by atoms with van der Waals surface area (Å²) < 4.78 is 20.6. The van der Waals surface area contributed by atoms with Crippen LogP contribution in [0.15, 0.2) is 18.3 Å². The van der Waals surface area contributed by atoms with E-state index in [1.807, 2.05) is 0 Å². The molecule has 1 aliphatic heterocycles. The molecular weight excluding hydrogens is 475 g/mol. The zero-order chi connectivity index (χ0) is 26.1. The van der Waals surface area contributed by atoms with Gasteiger partial charge in [0.15, 0.2) is 11.6 Å². The summed E-state index contributed by atoms with van der Waals surface area (Å²) in [4.78, 5) is 28.7. The molecule has 9 nitrogen and oxygen atoms in total. The third-order valence-electron chi connectivity index (χ3n) is 7.89. The van der Waals surface area contributed by atoms with Gasteiger partial charge in [-0.1, -0.05) is 12.8 Å². The van der Waals surface area contributed by atoms with Gasteiger partial charge >= 0.3 is 6.03 Å². The van der Waals surface area contributed by atoms with Gasteiger partial charge in [0.05, 0.1) is 18.8 Å². The number of rotatable bonds is 7. The molecule has 0 unspecified atom stereocenters. The largest absolute Gasteiger partial charge is 0.505 e. The van der Waals surface area contributed by atoms with Crippen molar-refractivity contribution in [2.24, 2.45) is 0 Å². The number of carbonyl (C=O) groups excluding carboxylic acids is 1. The summed E-state index contributed by atoms with van der Waals surface area (Å²) in [6, 6.07) is 3.23. The third kappa shape index (κ3) is 5.16. The van der Waals surface area contributed by atoms with Gasteiger partial charge in [-0.15, -0.1) is 0 Å². The number of hydrogen-bond acceptors (Lipinski definition) is 7. The van der Waals surface area contributed by atoms with E-state index in [-0.39, 0.29) is 24.3 Å². The summed E-state index contributed by atoms with van der Waals surface area (Å²) in [5.41, 5.74) is 0.732. The number of hydrogen-bond donors (Lipinski definition) is 2. The molecule has 1 aromatic carbocycles. The van der Waals surface area contributed by atoms with E-state index < -0.39 is 11.6 Å². The number of ether oxygens (including phenoxy) is 1. The summed E-state index contributed by atoms with van der Waals surface area (Å²) in [6.07, 6.45) is 9.87. The molecule has 2 aliphatic carbocycles. The molecule has 1 aromatic heterocycles. The lowest BCUT2D eigenvalue weighted by atomic mass is 9.91. The van der Waals surface area contributed by atoms with E-state index >= 15 is 4.39 Å². The van der Waals surface area contributed by atoms with Gasteiger partial charge in [-0.3, -0.25) is 9.80 Å². The molecule has 2 heterocycles. The Hall–Kier alpha value is -3.14. The molecule has 2 fully saturated rings. The smallest absolute Gasteiger partial charge is 0.330 e. The van der Waals surface area contributed by atoms with Crippen LogP contribution in [0.2, 0.25) is 0 Å². The van der Waals surface area contributed by atoms with E-state index in [1.165, 1.54) is 17.0 Å². The van der Waals surface area contributed by atoms with E-state index in [4.69, 9.17) is 9.72 Å². The Balaban J connectivity index is 1.44. The van der Waals surface area contributed by atoms with Crippen molar-refractivity contribution >= 4 is 23.5 Å². The maximum absolute atomic E-state index is 15.1. The second kappa shape index (κ2) is 10.7. The standard InChI is InChI=1S/C27H37FN6O3/c1-4-37-21-13-22(24(28)23(35)14-21)33-16-17-15-29-26(30-18-9-11-19(12-10-18)32(2)3)31-25(17)34(27(33)36)20-7-5-6-8-20/h13-15,18-20,35H,4-12,16H2,1-3H3,(H,29,30,31). The Morgan fingerprint density at radius 1 is 1.16 bits per heavy atom. The number of aromatic nitrogens is 2. The van der Waals surface area contributed by atoms with Crippen LogP contribution in [0.25, 0.3) is 0 Å². The Bertz CT molecular complexity index is 1130. The van der Waals surface area contributed by atoms with Crippen molar-refractivity contribution < 1.29 is 19.0 Å². The minimum Gasteiger partial charge on any atom is -0.505 e. The van der Waals surface area contributed by atoms with Crippen molar-refractivity contribution in [1.29, 1.82) is 0 Å². The van der Waals surface area contributed by atoms with Gasteiger partial charge in [0.1, 0.15) is 11.6 Å². The fourth-order valence-corrected chi connectivity index (χ4v) is 5.86. The molecule has 0 bridgehead atoms. The molecule has 0 radical (unpaired) electrons. The monoisotopic (exact) mass is 512 g/mol. The molecule has 10 heteroatoms. The molecule has 2 aromatic rings. The quantitative estimate of drug-likeness (QED) is 0.545. The number of nitrogens with one attached hydrogen (secondary N) is 1. The minimum atomic E-state index is -0.848. The molecule has 3 aliphatic rings. The highest BCUT2D eigenvalue weighted by Gasteiger charge is 2.40. The topological polar surface area (TPSA) is 94.1 Å². The lowest BCUT2D eigenvalue weighted by molar-refractivity contribution is 0.221. The number of amides is 2. The summed E-state index contributed by atoms with van der Waals surface area (Å²) >= 11 is 0. The number of nitrogens with zero attached hydrogens (tertiary/aromatic N) is 5. The van der Waals surface area contributed by atoms with Crippen LogP contribution >= 0.6 is 0 Å². The van der Waals surface area contributed by atoms with Crippen LogP contribution in [0.1, 0.15) is 63.9 Å². The summed E-state index contributed by atoms with van der Waals surface area (Å²) in [5.74, 6) is 0.0322. The summed E-state index contributed by atoms with van der Waals surface area (Å²) in [7, 11) is 4.26. The molecule has 2 saturated carbocycles. The second-order valence-corrected chi connectivity index (χ2v) is 10.5. The molecule has 2 amide bonds. The number of phenolic OH excluding ortho intramolecular Hbond substituents is 1. The van der Waals surface area contributed by atoms with E-state index in [9.17, 15) is 9.90 Å². The van der Waals surface area contributed by atoms with Crippen LogP contribution in [0.4, 0.5) is 26.6 Å². The molecule has 0 spiro atoms. The van der Waals surface area contributed by atoms with Gasteiger partial charge in [-0.05, 0) is 59.5 Å². The highest BCUT2D eigenvalue weighted by molar-refractivity contribution is 6.06. The first kappa shape index (κ1) is 25.5. The first-order valence-electron chi connectivity index (χ1n) is 13.4. The SMILES string of the molecule is CCOc1cc(O)c(F)c(N2Cc3cnc(NC4CCC(N(C)C)CC4)nc3N(C3CCCC3)C2=O)c1. The minimum absolute atomic E-state index is 0.0121. The maximum Gasteiger partial charge on any atom is 0.330 e. The number of aromatic hydroxyl groups is 1. The fraction of sp³-hybridized carbons (Fsp3) is 0.593. The number of fused-ring (bicyclic) bond motifs is 1. The molecule has 0 atom stereocenters. The average Bonchev–Trinajstić information content (AvgIpc) is 3.41. The van der Waals surface area contributed by atoms with Crippen LogP contribution < -0.4 is 19.9 Å². The van der Waals surface area contributed by atoms with Crippen molar-refractivity contribution in [2.75, 3.05) is 35.8 Å². The Labute approximate surface area is 217 Å². The normalized spacial score (nSPS) is 22.5. The molecule has 2 N–H and O–H groups in total. The molecule has 200 valence electrons. The van der Waals surface area contributed by atoms with Crippen molar-refractivity contribution in [2.45, 2.75) is 83.0 Å². The van der Waals surface area contributed by atoms with Crippen molar-refractivity contribution in [3.05, 3.63) is 29.7 Å². The Morgan fingerprint density at radius 2 is 1.89 bits per heavy atom. The van der Waals surface area contributed by atoms with Gasteiger partial charge in [-0.25, -0.2) is 14.2 Å². The van der Waals surface area contributed by atoms with Gasteiger partial charge in [0.2, 0.25) is 5.95 Å². The van der Waals surface area contributed by atoms with Crippen LogP contribution in [0, 0.1) is 5.82 Å². The zero-order valence-electron chi connectivity index (χ0n) is 21.9. The van der Waals surface area contributed by atoms with Crippen molar-refractivity contribution in [3.63, 3.8) is 0 Å². The Morgan fingerprint density at radius 3 is 2.57 bits per heavy atom. The van der Waals surface area contributed by atoms with E-state index in [1.54, 1.807) is 18.0 Å². The summed E-state index contributed by atoms with van der Waals surface area (Å²) in [5, 5.41) is 13.7. The molecular formula is C27H37FN6O3. The molecule has 5 rings (SSSR count). The highest BCUT2D eigenvalue weighted by Crippen LogP contribution is 2.40. The Kier molecular flexibility index (Phi) is 7.37. The van der Waals surface area contributed by atoms with E-state index in [0.717, 1.165) is 56.9 Å². The van der Waals surface area contributed by atoms with Crippen LogP contribution in [0.3, 0.4) is 0 Å². The number of phenols is 1. The van der Waals surface area contributed by atoms with E-state index in [2.05, 4.69) is 29.3 Å².